The molecule has 0 aromatic heterocycles. The molecule has 1 N–H and O–H groups in total. The summed E-state index contributed by atoms with van der Waals surface area (Å²) in [6.07, 6.45) is 0. The fourth-order valence-corrected chi connectivity index (χ4v) is 1.97. The highest BCUT2D eigenvalue weighted by Crippen LogP contribution is 2.28. The van der Waals surface area contributed by atoms with E-state index in [4.69, 9.17) is 5.11 Å². The summed E-state index contributed by atoms with van der Waals surface area (Å²) in [6.45, 7) is 0. The van der Waals surface area contributed by atoms with Crippen molar-refractivity contribution >= 4 is 21.9 Å². The molecule has 0 saturated carbocycles. The van der Waals surface area contributed by atoms with Crippen LogP contribution in [0.2, 0.25) is 0 Å². The van der Waals surface area contributed by atoms with E-state index in [2.05, 4.69) is 15.9 Å². The molecule has 0 aliphatic rings. The van der Waals surface area contributed by atoms with Gasteiger partial charge in [0.15, 0.2) is 0 Å². The predicted octanol–water partition coefficient (Wildman–Crippen LogP) is 3.95. The molecule has 0 bridgehead atoms. The Kier molecular flexibility index (Phi) is 3.24. The molecule has 2 aromatic carbocycles. The van der Waals surface area contributed by atoms with E-state index < -0.39 is 11.8 Å². The Morgan fingerprint density at radius 2 is 1.82 bits per heavy atom. The molecule has 0 heterocycles. The Morgan fingerprint density at radius 1 is 1.12 bits per heavy atom. The highest BCUT2D eigenvalue weighted by molar-refractivity contribution is 9.10. The van der Waals surface area contributed by atoms with Gasteiger partial charge in [-0.25, -0.2) is 9.18 Å². The van der Waals surface area contributed by atoms with Crippen LogP contribution < -0.4 is 0 Å². The zero-order valence-electron chi connectivity index (χ0n) is 8.65. The topological polar surface area (TPSA) is 37.3 Å². The standard InChI is InChI=1S/C13H8BrFO2/c14-8-5-6-12(15)11(7-8)9-3-1-2-4-10(9)13(16)17/h1-7H,(H,16,17). The summed E-state index contributed by atoms with van der Waals surface area (Å²) in [6, 6.07) is 10.8. The first-order valence-electron chi connectivity index (χ1n) is 4.87. The van der Waals surface area contributed by atoms with Crippen molar-refractivity contribution in [3.63, 3.8) is 0 Å². The molecule has 0 aliphatic heterocycles. The quantitative estimate of drug-likeness (QED) is 0.910. The van der Waals surface area contributed by atoms with Crippen molar-refractivity contribution in [3.05, 3.63) is 58.3 Å². The van der Waals surface area contributed by atoms with Crippen LogP contribution in [0.3, 0.4) is 0 Å². The van der Waals surface area contributed by atoms with E-state index in [1.54, 1.807) is 30.3 Å². The minimum absolute atomic E-state index is 0.0875. The minimum Gasteiger partial charge on any atom is -0.478 e. The van der Waals surface area contributed by atoms with Crippen LogP contribution in [0.15, 0.2) is 46.9 Å². The molecule has 0 unspecified atom stereocenters. The number of hydrogen-bond acceptors (Lipinski definition) is 1. The van der Waals surface area contributed by atoms with Crippen LogP contribution in [-0.4, -0.2) is 11.1 Å². The molecule has 0 atom stereocenters. The molecule has 0 saturated heterocycles. The lowest BCUT2D eigenvalue weighted by Crippen LogP contribution is -2.00. The molecule has 17 heavy (non-hydrogen) atoms. The van der Waals surface area contributed by atoms with Gasteiger partial charge in [-0.1, -0.05) is 34.1 Å². The third-order valence-electron chi connectivity index (χ3n) is 2.38. The van der Waals surface area contributed by atoms with Crippen LogP contribution in [-0.2, 0) is 0 Å². The second-order valence-electron chi connectivity index (χ2n) is 3.47. The zero-order chi connectivity index (χ0) is 12.4. The first-order valence-corrected chi connectivity index (χ1v) is 5.66. The third kappa shape index (κ3) is 2.36. The summed E-state index contributed by atoms with van der Waals surface area (Å²) >= 11 is 3.24. The fourth-order valence-electron chi connectivity index (χ4n) is 1.61. The number of rotatable bonds is 2. The average molecular weight is 295 g/mol. The summed E-state index contributed by atoms with van der Waals surface area (Å²) in [4.78, 5) is 11.1. The van der Waals surface area contributed by atoms with E-state index in [0.717, 1.165) is 0 Å². The van der Waals surface area contributed by atoms with Gasteiger partial charge in [0.05, 0.1) is 5.56 Å². The van der Waals surface area contributed by atoms with Gasteiger partial charge in [0.1, 0.15) is 5.82 Å². The average Bonchev–Trinajstić information content (AvgIpc) is 2.32. The van der Waals surface area contributed by atoms with Crippen molar-refractivity contribution < 1.29 is 14.3 Å². The molecule has 86 valence electrons. The van der Waals surface area contributed by atoms with E-state index in [1.165, 1.54) is 12.1 Å². The van der Waals surface area contributed by atoms with E-state index in [-0.39, 0.29) is 11.1 Å². The van der Waals surface area contributed by atoms with Gasteiger partial charge in [0, 0.05) is 10.0 Å². The Morgan fingerprint density at radius 3 is 2.53 bits per heavy atom. The Labute approximate surface area is 106 Å². The molecule has 0 fully saturated rings. The Hall–Kier alpha value is -1.68. The van der Waals surface area contributed by atoms with E-state index in [9.17, 15) is 9.18 Å². The molecule has 2 aromatic rings. The molecule has 2 nitrogen and oxygen atoms in total. The lowest BCUT2D eigenvalue weighted by atomic mass is 9.99. The van der Waals surface area contributed by atoms with E-state index in [0.29, 0.717) is 10.0 Å². The highest BCUT2D eigenvalue weighted by Gasteiger charge is 2.14. The second kappa shape index (κ2) is 4.67. The summed E-state index contributed by atoms with van der Waals surface area (Å²) in [5, 5.41) is 9.05. The van der Waals surface area contributed by atoms with Crippen LogP contribution in [0.4, 0.5) is 4.39 Å². The number of carboxylic acid groups (broad SMARTS) is 1. The SMILES string of the molecule is O=C(O)c1ccccc1-c1cc(Br)ccc1F. The van der Waals surface area contributed by atoms with Gasteiger partial charge in [-0.2, -0.15) is 0 Å². The molecule has 0 spiro atoms. The first kappa shape index (κ1) is 11.8. The van der Waals surface area contributed by atoms with Gasteiger partial charge in [-0.05, 0) is 29.8 Å². The monoisotopic (exact) mass is 294 g/mol. The Bertz CT molecular complexity index is 581. The molecule has 4 heteroatoms. The first-order chi connectivity index (χ1) is 8.09. The van der Waals surface area contributed by atoms with Crippen molar-refractivity contribution in [1.29, 1.82) is 0 Å². The number of aromatic carboxylic acids is 1. The van der Waals surface area contributed by atoms with Crippen molar-refractivity contribution in [1.82, 2.24) is 0 Å². The maximum atomic E-state index is 13.7. The van der Waals surface area contributed by atoms with Gasteiger partial charge in [-0.3, -0.25) is 0 Å². The van der Waals surface area contributed by atoms with Crippen LogP contribution in [0.25, 0.3) is 11.1 Å². The normalized spacial score (nSPS) is 10.2. The lowest BCUT2D eigenvalue weighted by Gasteiger charge is -2.07. The number of carbonyl (C=O) groups is 1. The number of hydrogen-bond donors (Lipinski definition) is 1. The van der Waals surface area contributed by atoms with Gasteiger partial charge >= 0.3 is 5.97 Å². The summed E-state index contributed by atoms with van der Waals surface area (Å²) in [7, 11) is 0. The molecular formula is C13H8BrFO2. The molecular weight excluding hydrogens is 287 g/mol. The van der Waals surface area contributed by atoms with Crippen LogP contribution in [0.5, 0.6) is 0 Å². The van der Waals surface area contributed by atoms with E-state index >= 15 is 0 Å². The smallest absolute Gasteiger partial charge is 0.336 e. The van der Waals surface area contributed by atoms with Crippen LogP contribution in [0, 0.1) is 5.82 Å². The van der Waals surface area contributed by atoms with Gasteiger partial charge < -0.3 is 5.11 Å². The predicted molar refractivity (Wildman–Crippen MR) is 66.5 cm³/mol. The van der Waals surface area contributed by atoms with Gasteiger partial charge in [0.2, 0.25) is 0 Å². The van der Waals surface area contributed by atoms with Gasteiger partial charge in [0.25, 0.3) is 0 Å². The maximum Gasteiger partial charge on any atom is 0.336 e. The summed E-state index contributed by atoms with van der Waals surface area (Å²) in [5.41, 5.74) is 0.737. The van der Waals surface area contributed by atoms with Crippen molar-refractivity contribution in [2.24, 2.45) is 0 Å². The molecule has 0 amide bonds. The largest absolute Gasteiger partial charge is 0.478 e. The number of benzene rings is 2. The number of halogens is 2. The molecule has 0 radical (unpaired) electrons. The minimum atomic E-state index is -1.07. The maximum absolute atomic E-state index is 13.7. The highest BCUT2D eigenvalue weighted by atomic mass is 79.9. The number of carboxylic acids is 1. The zero-order valence-corrected chi connectivity index (χ0v) is 10.2. The molecule has 2 rings (SSSR count). The van der Waals surface area contributed by atoms with Crippen molar-refractivity contribution in [3.8, 4) is 11.1 Å². The van der Waals surface area contributed by atoms with Gasteiger partial charge in [-0.15, -0.1) is 0 Å². The fraction of sp³-hybridized carbons (Fsp3) is 0. The molecule has 0 aliphatic carbocycles. The second-order valence-corrected chi connectivity index (χ2v) is 4.39. The van der Waals surface area contributed by atoms with Crippen LogP contribution >= 0.6 is 15.9 Å². The summed E-state index contributed by atoms with van der Waals surface area (Å²) in [5.74, 6) is -1.51. The summed E-state index contributed by atoms with van der Waals surface area (Å²) < 4.78 is 14.4. The third-order valence-corrected chi connectivity index (χ3v) is 2.87. The Balaban J connectivity index is 2.68. The van der Waals surface area contributed by atoms with E-state index in [1.807, 2.05) is 0 Å². The van der Waals surface area contributed by atoms with Crippen molar-refractivity contribution in [2.45, 2.75) is 0 Å². The van der Waals surface area contributed by atoms with Crippen molar-refractivity contribution in [2.75, 3.05) is 0 Å². The lowest BCUT2D eigenvalue weighted by molar-refractivity contribution is 0.0697. The van der Waals surface area contributed by atoms with Crippen LogP contribution in [0.1, 0.15) is 10.4 Å².